The Morgan fingerprint density at radius 2 is 1.75 bits per heavy atom. The number of piperazine rings is 1. The Balaban J connectivity index is 2.39. The molecule has 0 saturated carbocycles. The molecule has 2 heteroatoms. The number of hydrogen-bond acceptors (Lipinski definition) is 0. The van der Waals surface area contributed by atoms with E-state index in [1.807, 2.05) is 0 Å². The summed E-state index contributed by atoms with van der Waals surface area (Å²) in [7, 11) is 2.39. The number of nitrogens with one attached hydrogen (secondary N) is 1. The van der Waals surface area contributed by atoms with Gasteiger partial charge in [-0.25, -0.2) is 0 Å². The summed E-state index contributed by atoms with van der Waals surface area (Å²) < 4.78 is 1.29. The van der Waals surface area contributed by atoms with Crippen LogP contribution in [0.3, 0.4) is 0 Å². The van der Waals surface area contributed by atoms with Crippen molar-refractivity contribution in [3.05, 3.63) is 0 Å². The summed E-state index contributed by atoms with van der Waals surface area (Å²) in [6.45, 7) is 13.7. The second-order valence-electron chi connectivity index (χ2n) is 4.70. The molecule has 1 heterocycles. The molecule has 0 radical (unpaired) electrons. The molecule has 1 N–H and O–H groups in total. The lowest BCUT2D eigenvalue weighted by molar-refractivity contribution is -1.02. The minimum atomic E-state index is 0.815. The molecule has 0 aliphatic carbocycles. The third-order valence-electron chi connectivity index (χ3n) is 3.53. The van der Waals surface area contributed by atoms with Crippen LogP contribution in [0.4, 0.5) is 0 Å². The summed E-state index contributed by atoms with van der Waals surface area (Å²) in [6.07, 6.45) is 0. The molecule has 1 fully saturated rings. The van der Waals surface area contributed by atoms with Crippen molar-refractivity contribution in [3.8, 4) is 0 Å². The quantitative estimate of drug-likeness (QED) is 0.548. The first-order valence-corrected chi connectivity index (χ1v) is 5.25. The van der Waals surface area contributed by atoms with Gasteiger partial charge in [0.15, 0.2) is 0 Å². The smallest absolute Gasteiger partial charge is 0.128 e. The van der Waals surface area contributed by atoms with Gasteiger partial charge in [-0.3, -0.25) is 0 Å². The fourth-order valence-electron chi connectivity index (χ4n) is 1.96. The molecule has 0 unspecified atom stereocenters. The normalized spacial score (nSPS) is 37.2. The van der Waals surface area contributed by atoms with Crippen LogP contribution in [0, 0.1) is 0 Å². The third kappa shape index (κ3) is 2.20. The van der Waals surface area contributed by atoms with E-state index in [0.717, 1.165) is 6.04 Å². The summed E-state index contributed by atoms with van der Waals surface area (Å²) >= 11 is 0. The maximum atomic E-state index is 2.39. The SMILES string of the molecule is CC[N+]1(C)CC[NH+](C(C)C)CC1. The summed E-state index contributed by atoms with van der Waals surface area (Å²) in [5.41, 5.74) is 0. The molecular weight excluding hydrogens is 148 g/mol. The van der Waals surface area contributed by atoms with E-state index in [2.05, 4.69) is 27.8 Å². The summed E-state index contributed by atoms with van der Waals surface area (Å²) in [5, 5.41) is 0. The largest absolute Gasteiger partial charge is 0.324 e. The van der Waals surface area contributed by atoms with Crippen LogP contribution in [-0.4, -0.2) is 50.3 Å². The van der Waals surface area contributed by atoms with E-state index in [-0.39, 0.29) is 0 Å². The van der Waals surface area contributed by atoms with E-state index in [1.165, 1.54) is 37.2 Å². The van der Waals surface area contributed by atoms with Gasteiger partial charge in [-0.2, -0.15) is 0 Å². The van der Waals surface area contributed by atoms with Gasteiger partial charge in [0, 0.05) is 0 Å². The van der Waals surface area contributed by atoms with Crippen LogP contribution < -0.4 is 4.90 Å². The summed E-state index contributed by atoms with van der Waals surface area (Å²) in [4.78, 5) is 1.79. The maximum absolute atomic E-state index is 2.39. The average molecular weight is 172 g/mol. The number of likely N-dealkylation sites (N-methyl/N-ethyl adjacent to an activating group) is 1. The first-order valence-electron chi connectivity index (χ1n) is 5.25. The van der Waals surface area contributed by atoms with Crippen LogP contribution >= 0.6 is 0 Å². The van der Waals surface area contributed by atoms with Gasteiger partial charge in [-0.15, -0.1) is 0 Å². The Labute approximate surface area is 76.7 Å². The van der Waals surface area contributed by atoms with Crippen molar-refractivity contribution in [2.24, 2.45) is 0 Å². The van der Waals surface area contributed by atoms with Crippen molar-refractivity contribution in [2.75, 3.05) is 39.8 Å². The fourth-order valence-corrected chi connectivity index (χ4v) is 1.96. The molecular formula is C10H24N2+2. The van der Waals surface area contributed by atoms with Crippen molar-refractivity contribution in [3.63, 3.8) is 0 Å². The van der Waals surface area contributed by atoms with Crippen molar-refractivity contribution >= 4 is 0 Å². The Kier molecular flexibility index (Phi) is 3.13. The second-order valence-corrected chi connectivity index (χ2v) is 4.70. The molecule has 0 atom stereocenters. The topological polar surface area (TPSA) is 4.44 Å². The first kappa shape index (κ1) is 10.0. The fraction of sp³-hybridized carbons (Fsp3) is 1.00. The van der Waals surface area contributed by atoms with Crippen molar-refractivity contribution in [1.29, 1.82) is 0 Å². The van der Waals surface area contributed by atoms with E-state index in [1.54, 1.807) is 4.90 Å². The van der Waals surface area contributed by atoms with E-state index >= 15 is 0 Å². The predicted octanol–water partition coefficient (Wildman–Crippen LogP) is -0.240. The van der Waals surface area contributed by atoms with Gasteiger partial charge >= 0.3 is 0 Å². The lowest BCUT2D eigenvalue weighted by atomic mass is 10.2. The van der Waals surface area contributed by atoms with Gasteiger partial charge in [0.1, 0.15) is 26.2 Å². The molecule has 0 aromatic rings. The highest BCUT2D eigenvalue weighted by molar-refractivity contribution is 4.46. The standard InChI is InChI=1S/C10H23N2/c1-5-12(4)8-6-11(7-9-12)10(2)3/h10H,5-9H2,1-4H3/q+1/p+1. The molecule has 1 rings (SSSR count). The zero-order valence-corrected chi connectivity index (χ0v) is 9.06. The molecule has 1 aliphatic heterocycles. The molecule has 72 valence electrons. The molecule has 1 aliphatic rings. The second kappa shape index (κ2) is 3.75. The Morgan fingerprint density at radius 3 is 2.08 bits per heavy atom. The molecule has 12 heavy (non-hydrogen) atoms. The van der Waals surface area contributed by atoms with E-state index in [4.69, 9.17) is 0 Å². The highest BCUT2D eigenvalue weighted by atomic mass is 15.4. The molecule has 0 amide bonds. The maximum Gasteiger partial charge on any atom is 0.128 e. The first-order chi connectivity index (χ1) is 5.57. The molecule has 0 aromatic carbocycles. The van der Waals surface area contributed by atoms with Crippen molar-refractivity contribution in [1.82, 2.24) is 0 Å². The minimum absolute atomic E-state index is 0.815. The molecule has 2 nitrogen and oxygen atoms in total. The van der Waals surface area contributed by atoms with E-state index in [9.17, 15) is 0 Å². The zero-order chi connectivity index (χ0) is 9.19. The van der Waals surface area contributed by atoms with Gasteiger partial charge in [0.2, 0.25) is 0 Å². The monoisotopic (exact) mass is 172 g/mol. The average Bonchev–Trinajstić information content (AvgIpc) is 2.05. The van der Waals surface area contributed by atoms with Crippen molar-refractivity contribution < 1.29 is 9.38 Å². The molecule has 0 aromatic heterocycles. The Bertz CT molecular complexity index is 135. The van der Waals surface area contributed by atoms with E-state index < -0.39 is 0 Å². The summed E-state index contributed by atoms with van der Waals surface area (Å²) in [5.74, 6) is 0. The van der Waals surface area contributed by atoms with Crippen LogP contribution in [0.5, 0.6) is 0 Å². The lowest BCUT2D eigenvalue weighted by Crippen LogP contribution is -3.18. The van der Waals surface area contributed by atoms with Gasteiger partial charge < -0.3 is 9.38 Å². The Hall–Kier alpha value is -0.0800. The predicted molar refractivity (Wildman–Crippen MR) is 52.3 cm³/mol. The number of nitrogens with zero attached hydrogens (tertiary/aromatic N) is 1. The van der Waals surface area contributed by atoms with Gasteiger partial charge in [-0.05, 0) is 20.8 Å². The van der Waals surface area contributed by atoms with Crippen molar-refractivity contribution in [2.45, 2.75) is 26.8 Å². The van der Waals surface area contributed by atoms with Crippen LogP contribution in [0.1, 0.15) is 20.8 Å². The minimum Gasteiger partial charge on any atom is -0.324 e. The zero-order valence-electron chi connectivity index (χ0n) is 9.06. The van der Waals surface area contributed by atoms with Crippen LogP contribution in [0.2, 0.25) is 0 Å². The number of quaternary nitrogens is 2. The van der Waals surface area contributed by atoms with Gasteiger partial charge in [-0.1, -0.05) is 0 Å². The van der Waals surface area contributed by atoms with Gasteiger partial charge in [0.05, 0.1) is 19.6 Å². The van der Waals surface area contributed by atoms with E-state index in [0.29, 0.717) is 0 Å². The summed E-state index contributed by atoms with van der Waals surface area (Å²) in [6, 6.07) is 0.815. The lowest BCUT2D eigenvalue weighted by Gasteiger charge is -2.40. The molecule has 0 spiro atoms. The van der Waals surface area contributed by atoms with Crippen LogP contribution in [0.25, 0.3) is 0 Å². The van der Waals surface area contributed by atoms with Crippen LogP contribution in [-0.2, 0) is 0 Å². The highest BCUT2D eigenvalue weighted by Crippen LogP contribution is 2.01. The van der Waals surface area contributed by atoms with Crippen LogP contribution in [0.15, 0.2) is 0 Å². The van der Waals surface area contributed by atoms with Gasteiger partial charge in [0.25, 0.3) is 0 Å². The Morgan fingerprint density at radius 1 is 1.25 bits per heavy atom. The number of hydrogen-bond donors (Lipinski definition) is 1. The molecule has 1 saturated heterocycles. The highest BCUT2D eigenvalue weighted by Gasteiger charge is 2.30. The number of rotatable bonds is 2. The molecule has 0 bridgehead atoms. The third-order valence-corrected chi connectivity index (χ3v) is 3.53.